The van der Waals surface area contributed by atoms with Gasteiger partial charge in [-0.3, -0.25) is 0 Å². The molecule has 1 unspecified atom stereocenters. The topological polar surface area (TPSA) is 52.6 Å². The fourth-order valence-electron chi connectivity index (χ4n) is 3.83. The first-order valence-corrected chi connectivity index (χ1v) is 10.4. The Morgan fingerprint density at radius 2 is 2.07 bits per heavy atom. The SMILES string of the molecule is COc1ccc(-c2nc3c(s2)C(NCc2cccc4c2OCO4)CCC3)cc1. The number of methoxy groups -OCH3 is 1. The van der Waals surface area contributed by atoms with E-state index in [-0.39, 0.29) is 0 Å². The average molecular weight is 394 g/mol. The minimum atomic E-state index is 0.306. The van der Waals surface area contributed by atoms with Crippen molar-refractivity contribution in [2.24, 2.45) is 0 Å². The summed E-state index contributed by atoms with van der Waals surface area (Å²) < 4.78 is 16.4. The maximum Gasteiger partial charge on any atom is 0.231 e. The maximum absolute atomic E-state index is 5.64. The molecule has 2 aromatic carbocycles. The van der Waals surface area contributed by atoms with Crippen molar-refractivity contribution in [1.82, 2.24) is 10.3 Å². The van der Waals surface area contributed by atoms with Crippen molar-refractivity contribution in [1.29, 1.82) is 0 Å². The van der Waals surface area contributed by atoms with Crippen LogP contribution in [0.15, 0.2) is 42.5 Å². The second-order valence-electron chi connectivity index (χ2n) is 7.04. The smallest absolute Gasteiger partial charge is 0.231 e. The molecule has 0 amide bonds. The van der Waals surface area contributed by atoms with Gasteiger partial charge in [-0.1, -0.05) is 12.1 Å². The number of thiazole rings is 1. The largest absolute Gasteiger partial charge is 0.497 e. The molecule has 0 saturated heterocycles. The first kappa shape index (κ1) is 17.5. The molecule has 1 N–H and O–H groups in total. The Morgan fingerprint density at radius 3 is 2.93 bits per heavy atom. The van der Waals surface area contributed by atoms with E-state index in [4.69, 9.17) is 19.2 Å². The summed E-state index contributed by atoms with van der Waals surface area (Å²) in [4.78, 5) is 6.30. The van der Waals surface area contributed by atoms with E-state index in [9.17, 15) is 0 Å². The zero-order valence-electron chi connectivity index (χ0n) is 15.7. The second-order valence-corrected chi connectivity index (χ2v) is 8.07. The number of aromatic nitrogens is 1. The summed E-state index contributed by atoms with van der Waals surface area (Å²) in [5.41, 5.74) is 3.52. The molecule has 2 aliphatic rings. The van der Waals surface area contributed by atoms with E-state index in [2.05, 4.69) is 23.5 Å². The van der Waals surface area contributed by atoms with E-state index < -0.39 is 0 Å². The zero-order chi connectivity index (χ0) is 18.9. The maximum atomic E-state index is 5.64. The minimum Gasteiger partial charge on any atom is -0.497 e. The van der Waals surface area contributed by atoms with Crippen molar-refractivity contribution < 1.29 is 14.2 Å². The van der Waals surface area contributed by atoms with Crippen LogP contribution in [0.2, 0.25) is 0 Å². The van der Waals surface area contributed by atoms with Crippen molar-refractivity contribution >= 4 is 11.3 Å². The van der Waals surface area contributed by atoms with Crippen LogP contribution in [-0.2, 0) is 13.0 Å². The van der Waals surface area contributed by atoms with Crippen LogP contribution in [0.1, 0.15) is 35.0 Å². The molecule has 1 aliphatic heterocycles. The third-order valence-electron chi connectivity index (χ3n) is 5.30. The van der Waals surface area contributed by atoms with Crippen molar-refractivity contribution in [3.8, 4) is 27.8 Å². The summed E-state index contributed by atoms with van der Waals surface area (Å²) in [5, 5.41) is 4.80. The van der Waals surface area contributed by atoms with Gasteiger partial charge in [0.05, 0.1) is 12.8 Å². The van der Waals surface area contributed by atoms with Crippen molar-refractivity contribution in [2.75, 3.05) is 13.9 Å². The number of aryl methyl sites for hydroxylation is 1. The third kappa shape index (κ3) is 3.23. The van der Waals surface area contributed by atoms with Crippen LogP contribution in [0.3, 0.4) is 0 Å². The van der Waals surface area contributed by atoms with Gasteiger partial charge in [-0.2, -0.15) is 0 Å². The second kappa shape index (κ2) is 7.45. The molecule has 0 radical (unpaired) electrons. The van der Waals surface area contributed by atoms with E-state index in [1.54, 1.807) is 18.4 Å². The Kier molecular flexibility index (Phi) is 4.66. The van der Waals surface area contributed by atoms with E-state index in [1.165, 1.54) is 10.6 Å². The van der Waals surface area contributed by atoms with Crippen LogP contribution in [-0.4, -0.2) is 18.9 Å². The highest BCUT2D eigenvalue weighted by atomic mass is 32.1. The van der Waals surface area contributed by atoms with Gasteiger partial charge in [0.25, 0.3) is 0 Å². The fraction of sp³-hybridized carbons (Fsp3) is 0.318. The summed E-state index contributed by atoms with van der Waals surface area (Å²) in [6.07, 6.45) is 3.34. The predicted molar refractivity (Wildman–Crippen MR) is 109 cm³/mol. The Bertz CT molecular complexity index is 984. The van der Waals surface area contributed by atoms with Gasteiger partial charge in [0.1, 0.15) is 10.8 Å². The normalized spacial score (nSPS) is 17.4. The molecule has 0 bridgehead atoms. The first-order valence-electron chi connectivity index (χ1n) is 9.57. The molecule has 5 rings (SSSR count). The summed E-state index contributed by atoms with van der Waals surface area (Å²) >= 11 is 1.80. The van der Waals surface area contributed by atoms with Crippen LogP contribution in [0, 0.1) is 0 Å². The van der Waals surface area contributed by atoms with Gasteiger partial charge >= 0.3 is 0 Å². The highest BCUT2D eigenvalue weighted by molar-refractivity contribution is 7.15. The monoisotopic (exact) mass is 394 g/mol. The van der Waals surface area contributed by atoms with Gasteiger partial charge in [-0.05, 0) is 49.6 Å². The molecular formula is C22H22N2O3S. The highest BCUT2D eigenvalue weighted by Crippen LogP contribution is 2.39. The Balaban J connectivity index is 1.36. The van der Waals surface area contributed by atoms with Gasteiger partial charge in [-0.25, -0.2) is 4.98 Å². The number of hydrogen-bond donors (Lipinski definition) is 1. The molecule has 2 heterocycles. The molecule has 3 aromatic rings. The Labute approximate surface area is 168 Å². The minimum absolute atomic E-state index is 0.306. The van der Waals surface area contributed by atoms with Crippen LogP contribution in [0.5, 0.6) is 17.2 Å². The summed E-state index contributed by atoms with van der Waals surface area (Å²) in [5.74, 6) is 2.57. The molecule has 1 aliphatic carbocycles. The Morgan fingerprint density at radius 1 is 1.18 bits per heavy atom. The van der Waals surface area contributed by atoms with Gasteiger partial charge in [-0.15, -0.1) is 11.3 Å². The lowest BCUT2D eigenvalue weighted by molar-refractivity contribution is 0.173. The summed E-state index contributed by atoms with van der Waals surface area (Å²) in [6.45, 7) is 1.06. The zero-order valence-corrected chi connectivity index (χ0v) is 16.6. The van der Waals surface area contributed by atoms with Crippen molar-refractivity contribution in [3.05, 3.63) is 58.6 Å². The summed E-state index contributed by atoms with van der Waals surface area (Å²) in [7, 11) is 1.69. The molecule has 28 heavy (non-hydrogen) atoms. The molecule has 0 saturated carbocycles. The van der Waals surface area contributed by atoms with E-state index in [1.807, 2.05) is 24.3 Å². The van der Waals surface area contributed by atoms with Crippen LogP contribution in [0.25, 0.3) is 10.6 Å². The quantitative estimate of drug-likeness (QED) is 0.679. The fourth-order valence-corrected chi connectivity index (χ4v) is 5.06. The van der Waals surface area contributed by atoms with Gasteiger partial charge < -0.3 is 19.5 Å². The van der Waals surface area contributed by atoms with E-state index >= 15 is 0 Å². The highest BCUT2D eigenvalue weighted by Gasteiger charge is 2.25. The van der Waals surface area contributed by atoms with Gasteiger partial charge in [0.15, 0.2) is 11.5 Å². The number of ether oxygens (including phenoxy) is 3. The Hall–Kier alpha value is -2.57. The lowest BCUT2D eigenvalue weighted by Gasteiger charge is -2.22. The molecule has 1 atom stereocenters. The lowest BCUT2D eigenvalue weighted by atomic mass is 9.97. The summed E-state index contributed by atoms with van der Waals surface area (Å²) in [6, 6.07) is 14.5. The van der Waals surface area contributed by atoms with E-state index in [0.717, 1.165) is 59.2 Å². The number of fused-ring (bicyclic) bond motifs is 2. The van der Waals surface area contributed by atoms with Crippen LogP contribution in [0.4, 0.5) is 0 Å². The average Bonchev–Trinajstić information content (AvgIpc) is 3.39. The molecule has 6 heteroatoms. The van der Waals surface area contributed by atoms with Crippen molar-refractivity contribution in [3.63, 3.8) is 0 Å². The number of para-hydroxylation sites is 1. The number of benzene rings is 2. The molecule has 5 nitrogen and oxygen atoms in total. The van der Waals surface area contributed by atoms with E-state index in [0.29, 0.717) is 12.8 Å². The predicted octanol–water partition coefficient (Wildman–Crippen LogP) is 4.71. The van der Waals surface area contributed by atoms with Crippen LogP contribution >= 0.6 is 11.3 Å². The number of nitrogens with one attached hydrogen (secondary N) is 1. The first-order chi connectivity index (χ1) is 13.8. The van der Waals surface area contributed by atoms with Gasteiger partial charge in [0.2, 0.25) is 6.79 Å². The number of hydrogen-bond acceptors (Lipinski definition) is 6. The molecule has 1 aromatic heterocycles. The molecular weight excluding hydrogens is 372 g/mol. The lowest BCUT2D eigenvalue weighted by Crippen LogP contribution is -2.24. The third-order valence-corrected chi connectivity index (χ3v) is 6.56. The molecule has 0 fully saturated rings. The molecule has 0 spiro atoms. The van der Waals surface area contributed by atoms with Crippen molar-refractivity contribution in [2.45, 2.75) is 31.8 Å². The number of nitrogens with zero attached hydrogens (tertiary/aromatic N) is 1. The standard InChI is InChI=1S/C22H22N2O3S/c1-25-16-10-8-14(9-11-16)22-24-18-6-3-5-17(21(18)28-22)23-12-15-4-2-7-19-20(15)27-13-26-19/h2,4,7-11,17,23H,3,5-6,12-13H2,1H3. The van der Waals surface area contributed by atoms with Gasteiger partial charge in [0, 0.05) is 28.6 Å². The number of rotatable bonds is 5. The molecule has 144 valence electrons. The van der Waals surface area contributed by atoms with Crippen LogP contribution < -0.4 is 19.5 Å².